The number of hydrogen-bond donors (Lipinski definition) is 0. The van der Waals surface area contributed by atoms with Crippen LogP contribution in [0, 0.1) is 11.8 Å². The van der Waals surface area contributed by atoms with Crippen molar-refractivity contribution in [3.63, 3.8) is 0 Å². The first-order valence-corrected chi connectivity index (χ1v) is 12.1. The van der Waals surface area contributed by atoms with Crippen molar-refractivity contribution in [3.8, 4) is 0 Å². The maximum atomic E-state index is 11.6. The third kappa shape index (κ3) is 4.24. The van der Waals surface area contributed by atoms with Gasteiger partial charge in [0.15, 0.2) is 9.84 Å². The Labute approximate surface area is 164 Å². The van der Waals surface area contributed by atoms with Crippen LogP contribution in [0.5, 0.6) is 0 Å². The summed E-state index contributed by atoms with van der Waals surface area (Å²) in [6, 6.07) is 3.49. The molecule has 7 nitrogen and oxygen atoms in total. The van der Waals surface area contributed by atoms with Gasteiger partial charge in [-0.3, -0.25) is 0 Å². The third-order valence-electron chi connectivity index (χ3n) is 5.84. The van der Waals surface area contributed by atoms with Crippen LogP contribution in [0.15, 0.2) is 29.6 Å². The molecule has 0 radical (unpaired) electrons. The van der Waals surface area contributed by atoms with Gasteiger partial charge in [0.2, 0.25) is 5.13 Å². The van der Waals surface area contributed by atoms with Crippen molar-refractivity contribution in [2.24, 2.45) is 11.8 Å². The van der Waals surface area contributed by atoms with E-state index in [0.717, 1.165) is 49.0 Å². The Bertz CT molecular complexity index is 838. The Balaban J connectivity index is 1.29. The van der Waals surface area contributed by atoms with Gasteiger partial charge in [-0.15, -0.1) is 0 Å². The molecule has 2 aromatic rings. The molecule has 2 saturated heterocycles. The fraction of sp³-hybridized carbons (Fsp3) is 0.611. The molecule has 0 unspecified atom stereocenters. The maximum Gasteiger partial charge on any atom is 0.204 e. The summed E-state index contributed by atoms with van der Waals surface area (Å²) in [5, 5.41) is 1.05. The molecule has 2 fully saturated rings. The average molecular weight is 408 g/mol. The van der Waals surface area contributed by atoms with E-state index in [1.165, 1.54) is 49.7 Å². The summed E-state index contributed by atoms with van der Waals surface area (Å²) in [6.45, 7) is 4.14. The van der Waals surface area contributed by atoms with Gasteiger partial charge in [0.1, 0.15) is 12.1 Å². The topological polar surface area (TPSA) is 79.3 Å². The van der Waals surface area contributed by atoms with Crippen molar-refractivity contribution >= 4 is 32.3 Å². The van der Waals surface area contributed by atoms with Crippen molar-refractivity contribution in [3.05, 3.63) is 24.7 Å². The zero-order chi connectivity index (χ0) is 18.9. The Morgan fingerprint density at radius 2 is 1.59 bits per heavy atom. The predicted molar refractivity (Wildman–Crippen MR) is 107 cm³/mol. The molecule has 146 valence electrons. The Hall–Kier alpha value is -1.74. The molecule has 0 spiro atoms. The van der Waals surface area contributed by atoms with Crippen LogP contribution in [-0.4, -0.2) is 55.2 Å². The molecule has 4 heterocycles. The van der Waals surface area contributed by atoms with Crippen LogP contribution in [-0.2, 0) is 9.84 Å². The minimum Gasteiger partial charge on any atom is -0.357 e. The number of sulfone groups is 1. The summed E-state index contributed by atoms with van der Waals surface area (Å²) in [6.07, 6.45) is 9.14. The van der Waals surface area contributed by atoms with E-state index in [4.69, 9.17) is 0 Å². The monoisotopic (exact) mass is 407 g/mol. The average Bonchev–Trinajstić information content (AvgIpc) is 3.23. The second kappa shape index (κ2) is 7.71. The highest BCUT2D eigenvalue weighted by Gasteiger charge is 2.30. The number of aromatic nitrogens is 3. The van der Waals surface area contributed by atoms with Gasteiger partial charge >= 0.3 is 0 Å². The van der Waals surface area contributed by atoms with Gasteiger partial charge in [0.25, 0.3) is 0 Å². The number of hydrogen-bond acceptors (Lipinski definition) is 8. The lowest BCUT2D eigenvalue weighted by Crippen LogP contribution is -2.41. The summed E-state index contributed by atoms with van der Waals surface area (Å²) in [5.74, 6) is 2.44. The molecule has 9 heteroatoms. The largest absolute Gasteiger partial charge is 0.357 e. The smallest absolute Gasteiger partial charge is 0.204 e. The van der Waals surface area contributed by atoms with Crippen LogP contribution < -0.4 is 9.80 Å². The lowest BCUT2D eigenvalue weighted by atomic mass is 9.79. The lowest BCUT2D eigenvalue weighted by Gasteiger charge is -2.40. The quantitative estimate of drug-likeness (QED) is 0.770. The molecule has 4 rings (SSSR count). The van der Waals surface area contributed by atoms with Crippen molar-refractivity contribution in [1.29, 1.82) is 0 Å². The van der Waals surface area contributed by atoms with Gasteiger partial charge in [-0.25, -0.2) is 18.4 Å². The zero-order valence-electron chi connectivity index (χ0n) is 15.5. The van der Waals surface area contributed by atoms with Gasteiger partial charge in [-0.2, -0.15) is 4.37 Å². The second-order valence-corrected chi connectivity index (χ2v) is 10.3. The van der Waals surface area contributed by atoms with Crippen molar-refractivity contribution in [1.82, 2.24) is 14.3 Å². The Morgan fingerprint density at radius 3 is 2.07 bits per heavy atom. The SMILES string of the molecule is CS(=O)(=O)c1ccc(N2CCC(C3CCN(c4ncns4)CC3)CC2)nc1. The molecule has 0 bridgehead atoms. The summed E-state index contributed by atoms with van der Waals surface area (Å²) < 4.78 is 27.3. The van der Waals surface area contributed by atoms with Crippen LogP contribution in [0.1, 0.15) is 25.7 Å². The highest BCUT2D eigenvalue weighted by Crippen LogP contribution is 2.34. The van der Waals surface area contributed by atoms with Crippen LogP contribution in [0.2, 0.25) is 0 Å². The minimum atomic E-state index is -3.19. The van der Waals surface area contributed by atoms with Crippen LogP contribution in [0.25, 0.3) is 0 Å². The highest BCUT2D eigenvalue weighted by molar-refractivity contribution is 7.90. The van der Waals surface area contributed by atoms with E-state index < -0.39 is 9.84 Å². The molecule has 2 aliphatic heterocycles. The van der Waals surface area contributed by atoms with Gasteiger partial charge in [0.05, 0.1) is 4.90 Å². The van der Waals surface area contributed by atoms with E-state index in [-0.39, 0.29) is 4.90 Å². The fourth-order valence-electron chi connectivity index (χ4n) is 4.25. The van der Waals surface area contributed by atoms with E-state index >= 15 is 0 Å². The summed E-state index contributed by atoms with van der Waals surface area (Å²) in [5.41, 5.74) is 0. The molecular weight excluding hydrogens is 382 g/mol. The number of nitrogens with zero attached hydrogens (tertiary/aromatic N) is 5. The molecule has 0 aliphatic carbocycles. The molecule has 27 heavy (non-hydrogen) atoms. The second-order valence-electron chi connectivity index (χ2n) is 7.50. The number of pyridine rings is 1. The van der Waals surface area contributed by atoms with Crippen LogP contribution >= 0.6 is 11.5 Å². The van der Waals surface area contributed by atoms with E-state index in [0.29, 0.717) is 0 Å². The Kier molecular flexibility index (Phi) is 5.32. The fourth-order valence-corrected chi connectivity index (χ4v) is 5.39. The molecule has 0 N–H and O–H groups in total. The molecule has 0 saturated carbocycles. The van der Waals surface area contributed by atoms with E-state index in [2.05, 4.69) is 24.1 Å². The van der Waals surface area contributed by atoms with Crippen LogP contribution in [0.4, 0.5) is 10.9 Å². The van der Waals surface area contributed by atoms with Gasteiger partial charge in [-0.1, -0.05) is 0 Å². The highest BCUT2D eigenvalue weighted by atomic mass is 32.2. The third-order valence-corrected chi connectivity index (χ3v) is 7.66. The zero-order valence-corrected chi connectivity index (χ0v) is 17.1. The maximum absolute atomic E-state index is 11.6. The first-order valence-electron chi connectivity index (χ1n) is 9.43. The normalized spacial score (nSPS) is 20.2. The molecule has 2 aliphatic rings. The van der Waals surface area contributed by atoms with E-state index in [1.54, 1.807) is 12.4 Å². The van der Waals surface area contributed by atoms with Crippen molar-refractivity contribution in [2.75, 3.05) is 42.2 Å². The first-order chi connectivity index (χ1) is 13.0. The molecule has 2 aromatic heterocycles. The number of piperidine rings is 2. The standard InChI is InChI=1S/C18H25N5O2S2/c1-27(24,25)16-2-3-17(19-12-16)22-8-4-14(5-9-22)15-6-10-23(11-7-15)18-20-13-21-26-18/h2-3,12-15H,4-11H2,1H3. The predicted octanol–water partition coefficient (Wildman–Crippen LogP) is 2.47. The van der Waals surface area contributed by atoms with Gasteiger partial charge in [0, 0.05) is 50.2 Å². The lowest BCUT2D eigenvalue weighted by molar-refractivity contribution is 0.232. The molecule has 0 atom stereocenters. The summed E-state index contributed by atoms with van der Waals surface area (Å²) in [4.78, 5) is 13.6. The van der Waals surface area contributed by atoms with Gasteiger partial charge < -0.3 is 9.80 Å². The van der Waals surface area contributed by atoms with Gasteiger partial charge in [-0.05, 0) is 49.7 Å². The minimum absolute atomic E-state index is 0.281. The van der Waals surface area contributed by atoms with Crippen LogP contribution in [0.3, 0.4) is 0 Å². The number of rotatable bonds is 4. The van der Waals surface area contributed by atoms with Crippen molar-refractivity contribution in [2.45, 2.75) is 30.6 Å². The number of anilines is 2. The van der Waals surface area contributed by atoms with Crippen molar-refractivity contribution < 1.29 is 8.42 Å². The molecule has 0 aromatic carbocycles. The summed E-state index contributed by atoms with van der Waals surface area (Å²) >= 11 is 1.48. The van der Waals surface area contributed by atoms with E-state index in [1.807, 2.05) is 6.07 Å². The summed E-state index contributed by atoms with van der Waals surface area (Å²) in [7, 11) is -3.19. The Morgan fingerprint density at radius 1 is 0.963 bits per heavy atom. The molecular formula is C18H25N5O2S2. The van der Waals surface area contributed by atoms with E-state index in [9.17, 15) is 8.42 Å². The molecule has 0 amide bonds. The first kappa shape index (κ1) is 18.6.